The van der Waals surface area contributed by atoms with Gasteiger partial charge >= 0.3 is 0 Å². The van der Waals surface area contributed by atoms with E-state index in [0.29, 0.717) is 23.3 Å². The highest BCUT2D eigenvalue weighted by atomic mass is 32.2. The molecule has 0 aromatic carbocycles. The number of thioether (sulfide) groups is 1. The Bertz CT molecular complexity index is 456. The van der Waals surface area contributed by atoms with Gasteiger partial charge < -0.3 is 10.2 Å². The number of thiazole rings is 1. The predicted molar refractivity (Wildman–Crippen MR) is 96.9 cm³/mol. The summed E-state index contributed by atoms with van der Waals surface area (Å²) >= 11 is 3.96. The minimum Gasteiger partial charge on any atom is -0.343 e. The van der Waals surface area contributed by atoms with Crippen LogP contribution in [0.25, 0.3) is 0 Å². The highest BCUT2D eigenvalue weighted by Crippen LogP contribution is 2.35. The predicted octanol–water partition coefficient (Wildman–Crippen LogP) is 4.09. The number of anilines is 1. The first-order valence-corrected chi connectivity index (χ1v) is 9.88. The standard InChI is InChI=1S/C16H29N3S2/c1-10(2)15-14(9-17-11(3)4)21-16(18-15)19-7-8-20-13(6)12(19)5/h10-13,17H,7-9H2,1-6H3. The molecule has 1 aromatic heterocycles. The van der Waals surface area contributed by atoms with E-state index in [0.717, 1.165) is 13.1 Å². The van der Waals surface area contributed by atoms with E-state index in [-0.39, 0.29) is 0 Å². The summed E-state index contributed by atoms with van der Waals surface area (Å²) in [4.78, 5) is 8.91. The molecule has 0 aliphatic carbocycles. The molecule has 2 unspecified atom stereocenters. The summed E-state index contributed by atoms with van der Waals surface area (Å²) in [6, 6.07) is 1.08. The minimum atomic E-state index is 0.492. The zero-order valence-electron chi connectivity index (χ0n) is 14.1. The van der Waals surface area contributed by atoms with Gasteiger partial charge in [0.05, 0.1) is 5.69 Å². The highest BCUT2D eigenvalue weighted by Gasteiger charge is 2.28. The second-order valence-corrected chi connectivity index (χ2v) is 9.05. The fourth-order valence-electron chi connectivity index (χ4n) is 2.55. The number of rotatable bonds is 5. The van der Waals surface area contributed by atoms with Gasteiger partial charge in [0, 0.05) is 41.1 Å². The molecule has 120 valence electrons. The van der Waals surface area contributed by atoms with Crippen LogP contribution in [0.3, 0.4) is 0 Å². The van der Waals surface area contributed by atoms with Crippen LogP contribution in [0.1, 0.15) is 58.0 Å². The van der Waals surface area contributed by atoms with Crippen molar-refractivity contribution in [2.24, 2.45) is 0 Å². The van der Waals surface area contributed by atoms with Crippen LogP contribution in [-0.4, -0.2) is 34.6 Å². The number of nitrogens with one attached hydrogen (secondary N) is 1. The summed E-state index contributed by atoms with van der Waals surface area (Å²) in [6.45, 7) is 15.6. The van der Waals surface area contributed by atoms with Crippen molar-refractivity contribution in [3.63, 3.8) is 0 Å². The first-order valence-electron chi connectivity index (χ1n) is 8.01. The van der Waals surface area contributed by atoms with E-state index in [9.17, 15) is 0 Å². The fourth-order valence-corrected chi connectivity index (χ4v) is 4.93. The topological polar surface area (TPSA) is 28.2 Å². The van der Waals surface area contributed by atoms with Crippen LogP contribution in [-0.2, 0) is 6.54 Å². The van der Waals surface area contributed by atoms with E-state index in [2.05, 4.69) is 63.5 Å². The molecule has 21 heavy (non-hydrogen) atoms. The lowest BCUT2D eigenvalue weighted by Gasteiger charge is -2.37. The molecule has 2 atom stereocenters. The van der Waals surface area contributed by atoms with Gasteiger partial charge in [-0.15, -0.1) is 11.3 Å². The van der Waals surface area contributed by atoms with Crippen LogP contribution in [0.4, 0.5) is 5.13 Å². The van der Waals surface area contributed by atoms with Gasteiger partial charge in [0.2, 0.25) is 0 Å². The quantitative estimate of drug-likeness (QED) is 0.881. The Morgan fingerprint density at radius 2 is 2.00 bits per heavy atom. The number of nitrogens with zero attached hydrogens (tertiary/aromatic N) is 2. The molecule has 0 saturated carbocycles. The van der Waals surface area contributed by atoms with E-state index < -0.39 is 0 Å². The van der Waals surface area contributed by atoms with Gasteiger partial charge in [0.1, 0.15) is 0 Å². The van der Waals surface area contributed by atoms with Gasteiger partial charge in [-0.05, 0) is 12.8 Å². The zero-order chi connectivity index (χ0) is 15.6. The Labute approximate surface area is 137 Å². The van der Waals surface area contributed by atoms with Crippen molar-refractivity contribution in [1.29, 1.82) is 0 Å². The van der Waals surface area contributed by atoms with Crippen LogP contribution in [0.2, 0.25) is 0 Å². The van der Waals surface area contributed by atoms with Gasteiger partial charge in [0.15, 0.2) is 5.13 Å². The van der Waals surface area contributed by atoms with Gasteiger partial charge in [-0.1, -0.05) is 34.6 Å². The van der Waals surface area contributed by atoms with Crippen LogP contribution in [0, 0.1) is 0 Å². The van der Waals surface area contributed by atoms with Gasteiger partial charge in [-0.25, -0.2) is 4.98 Å². The molecule has 1 aromatic rings. The SMILES string of the molecule is CC(C)NCc1sc(N2CCSC(C)C2C)nc1C(C)C. The van der Waals surface area contributed by atoms with Gasteiger partial charge in [0.25, 0.3) is 0 Å². The molecule has 5 heteroatoms. The second kappa shape index (κ2) is 7.34. The molecule has 1 aliphatic heterocycles. The van der Waals surface area contributed by atoms with Crippen LogP contribution < -0.4 is 10.2 Å². The normalized spacial score (nSPS) is 23.3. The van der Waals surface area contributed by atoms with Crippen molar-refractivity contribution in [2.75, 3.05) is 17.2 Å². The Kier molecular flexibility index (Phi) is 5.97. The minimum absolute atomic E-state index is 0.492. The lowest BCUT2D eigenvalue weighted by atomic mass is 10.1. The molecule has 0 radical (unpaired) electrons. The van der Waals surface area contributed by atoms with Crippen LogP contribution in [0.15, 0.2) is 0 Å². The summed E-state index contributed by atoms with van der Waals surface area (Å²) in [5.74, 6) is 1.70. The molecular weight excluding hydrogens is 298 g/mol. The van der Waals surface area contributed by atoms with E-state index in [1.165, 1.54) is 21.5 Å². The number of aromatic nitrogens is 1. The van der Waals surface area contributed by atoms with Crippen molar-refractivity contribution in [1.82, 2.24) is 10.3 Å². The van der Waals surface area contributed by atoms with Crippen molar-refractivity contribution < 1.29 is 0 Å². The summed E-state index contributed by atoms with van der Waals surface area (Å²) in [5.41, 5.74) is 1.28. The first-order chi connectivity index (χ1) is 9.90. The van der Waals surface area contributed by atoms with E-state index in [4.69, 9.17) is 4.98 Å². The zero-order valence-corrected chi connectivity index (χ0v) is 15.8. The average Bonchev–Trinajstić information content (AvgIpc) is 2.83. The Morgan fingerprint density at radius 1 is 1.29 bits per heavy atom. The van der Waals surface area contributed by atoms with Crippen LogP contribution in [0.5, 0.6) is 0 Å². The Hall–Kier alpha value is -0.260. The van der Waals surface area contributed by atoms with Crippen molar-refractivity contribution >= 4 is 28.2 Å². The van der Waals surface area contributed by atoms with E-state index in [1.54, 1.807) is 0 Å². The van der Waals surface area contributed by atoms with Gasteiger partial charge in [-0.3, -0.25) is 0 Å². The fraction of sp³-hybridized carbons (Fsp3) is 0.812. The van der Waals surface area contributed by atoms with E-state index in [1.807, 2.05) is 11.3 Å². The van der Waals surface area contributed by atoms with Crippen LogP contribution >= 0.6 is 23.1 Å². The third-order valence-electron chi connectivity index (χ3n) is 4.06. The van der Waals surface area contributed by atoms with Gasteiger partial charge in [-0.2, -0.15) is 11.8 Å². The summed E-state index contributed by atoms with van der Waals surface area (Å²) in [7, 11) is 0. The molecule has 0 amide bonds. The maximum Gasteiger partial charge on any atom is 0.186 e. The van der Waals surface area contributed by atoms with E-state index >= 15 is 0 Å². The number of hydrogen-bond donors (Lipinski definition) is 1. The largest absolute Gasteiger partial charge is 0.343 e. The van der Waals surface area contributed by atoms with Crippen molar-refractivity contribution in [3.8, 4) is 0 Å². The second-order valence-electron chi connectivity index (χ2n) is 6.51. The third-order valence-corrected chi connectivity index (χ3v) is 6.51. The summed E-state index contributed by atoms with van der Waals surface area (Å²) in [6.07, 6.45) is 0. The van der Waals surface area contributed by atoms with Crippen molar-refractivity contribution in [2.45, 2.75) is 71.3 Å². The van der Waals surface area contributed by atoms with Crippen molar-refractivity contribution in [3.05, 3.63) is 10.6 Å². The Morgan fingerprint density at radius 3 is 2.62 bits per heavy atom. The smallest absolute Gasteiger partial charge is 0.186 e. The molecule has 3 nitrogen and oxygen atoms in total. The molecule has 2 rings (SSSR count). The maximum atomic E-state index is 4.99. The summed E-state index contributed by atoms with van der Waals surface area (Å²) in [5, 5.41) is 5.45. The first kappa shape index (κ1) is 17.1. The molecule has 1 saturated heterocycles. The monoisotopic (exact) mass is 327 g/mol. The molecule has 0 spiro atoms. The third kappa shape index (κ3) is 4.14. The lowest BCUT2D eigenvalue weighted by molar-refractivity contribution is 0.587. The highest BCUT2D eigenvalue weighted by molar-refractivity contribution is 8.00. The summed E-state index contributed by atoms with van der Waals surface area (Å²) < 4.78 is 0. The average molecular weight is 328 g/mol. The lowest BCUT2D eigenvalue weighted by Crippen LogP contribution is -2.44. The molecule has 1 N–H and O–H groups in total. The molecule has 0 bridgehead atoms. The molecule has 2 heterocycles. The molecular formula is C16H29N3S2. The Balaban J connectivity index is 2.21. The number of hydrogen-bond acceptors (Lipinski definition) is 5. The molecule has 1 aliphatic rings. The maximum absolute atomic E-state index is 4.99. The molecule has 1 fully saturated rings.